The van der Waals surface area contributed by atoms with Crippen molar-refractivity contribution >= 4 is 27.4 Å². The molecule has 0 radical (unpaired) electrons. The lowest BCUT2D eigenvalue weighted by Gasteiger charge is -2.10. The number of fused-ring (bicyclic) bond motifs is 3. The number of nitrogen functional groups attached to an aromatic ring is 1. The van der Waals surface area contributed by atoms with Crippen molar-refractivity contribution in [3.05, 3.63) is 29.0 Å². The van der Waals surface area contributed by atoms with Crippen molar-refractivity contribution in [1.82, 2.24) is 19.9 Å². The van der Waals surface area contributed by atoms with Crippen LogP contribution in [0.3, 0.4) is 0 Å². The Morgan fingerprint density at radius 2 is 2.00 bits per heavy atom. The lowest BCUT2D eigenvalue weighted by molar-refractivity contribution is 0.700. The van der Waals surface area contributed by atoms with E-state index in [-0.39, 0.29) is 0 Å². The van der Waals surface area contributed by atoms with Gasteiger partial charge in [-0.3, -0.25) is 4.98 Å². The van der Waals surface area contributed by atoms with E-state index in [0.29, 0.717) is 17.3 Å². The summed E-state index contributed by atoms with van der Waals surface area (Å²) < 4.78 is 0. The standard InChI is InChI=1S/C14H13N5S/c15-12-11-8-3-1-2-4-10(8)20-14(11)19-13(18-12)9-7-16-5-6-17-9/h5-7H,1-4H2,(H2,15,18,19). The summed E-state index contributed by atoms with van der Waals surface area (Å²) in [5.74, 6) is 1.12. The molecule has 5 nitrogen and oxygen atoms in total. The zero-order chi connectivity index (χ0) is 13.5. The Bertz CT molecular complexity index is 781. The first kappa shape index (κ1) is 11.7. The minimum absolute atomic E-state index is 0.557. The highest BCUT2D eigenvalue weighted by molar-refractivity contribution is 7.19. The van der Waals surface area contributed by atoms with E-state index in [2.05, 4.69) is 19.9 Å². The van der Waals surface area contributed by atoms with Crippen LogP contribution in [0.25, 0.3) is 21.7 Å². The van der Waals surface area contributed by atoms with Gasteiger partial charge in [0.1, 0.15) is 16.3 Å². The number of rotatable bonds is 1. The number of anilines is 1. The van der Waals surface area contributed by atoms with Crippen LogP contribution in [0.4, 0.5) is 5.82 Å². The molecule has 0 amide bonds. The lowest BCUT2D eigenvalue weighted by atomic mass is 9.97. The van der Waals surface area contributed by atoms with Crippen LogP contribution >= 0.6 is 11.3 Å². The van der Waals surface area contributed by atoms with Crippen molar-refractivity contribution in [3.8, 4) is 11.5 Å². The van der Waals surface area contributed by atoms with Gasteiger partial charge in [-0.1, -0.05) is 0 Å². The third kappa shape index (κ3) is 1.76. The summed E-state index contributed by atoms with van der Waals surface area (Å²) in [5.41, 5.74) is 8.19. The van der Waals surface area contributed by atoms with Crippen molar-refractivity contribution in [2.24, 2.45) is 0 Å². The average molecular weight is 283 g/mol. The van der Waals surface area contributed by atoms with Gasteiger partial charge in [0.05, 0.1) is 11.6 Å². The summed E-state index contributed by atoms with van der Waals surface area (Å²) in [4.78, 5) is 19.8. The molecule has 1 aliphatic rings. The molecule has 6 heteroatoms. The molecule has 3 aromatic rings. The quantitative estimate of drug-likeness (QED) is 0.742. The first-order chi connectivity index (χ1) is 9.83. The SMILES string of the molecule is Nc1nc(-c2cnccn2)nc2sc3c(c12)CCCC3. The zero-order valence-corrected chi connectivity index (χ0v) is 11.7. The number of aryl methyl sites for hydroxylation is 2. The average Bonchev–Trinajstić information content (AvgIpc) is 2.87. The highest BCUT2D eigenvalue weighted by Crippen LogP contribution is 2.38. The molecule has 0 aromatic carbocycles. The van der Waals surface area contributed by atoms with E-state index in [0.717, 1.165) is 23.1 Å². The molecular formula is C14H13N5S. The molecule has 0 saturated carbocycles. The van der Waals surface area contributed by atoms with E-state index < -0.39 is 0 Å². The fraction of sp³-hybridized carbons (Fsp3) is 0.286. The number of thiophene rings is 1. The van der Waals surface area contributed by atoms with Crippen molar-refractivity contribution in [3.63, 3.8) is 0 Å². The number of aromatic nitrogens is 4. The Hall–Kier alpha value is -2.08. The number of nitrogens with two attached hydrogens (primary N) is 1. The molecule has 0 fully saturated rings. The van der Waals surface area contributed by atoms with Crippen molar-refractivity contribution < 1.29 is 0 Å². The van der Waals surface area contributed by atoms with Gasteiger partial charge < -0.3 is 5.73 Å². The molecule has 4 rings (SSSR count). The van der Waals surface area contributed by atoms with Gasteiger partial charge >= 0.3 is 0 Å². The molecule has 0 spiro atoms. The van der Waals surface area contributed by atoms with Gasteiger partial charge in [0.25, 0.3) is 0 Å². The molecular weight excluding hydrogens is 270 g/mol. The van der Waals surface area contributed by atoms with E-state index in [4.69, 9.17) is 5.73 Å². The normalized spacial score (nSPS) is 14.4. The molecule has 0 saturated heterocycles. The van der Waals surface area contributed by atoms with Gasteiger partial charge in [0.15, 0.2) is 5.82 Å². The van der Waals surface area contributed by atoms with Crippen molar-refractivity contribution in [2.45, 2.75) is 25.7 Å². The first-order valence-corrected chi connectivity index (χ1v) is 7.49. The molecule has 0 unspecified atom stereocenters. The van der Waals surface area contributed by atoms with Crippen LogP contribution in [-0.2, 0) is 12.8 Å². The third-order valence-corrected chi connectivity index (χ3v) is 4.82. The monoisotopic (exact) mass is 283 g/mol. The maximum atomic E-state index is 6.17. The van der Waals surface area contributed by atoms with E-state index in [1.807, 2.05) is 0 Å². The van der Waals surface area contributed by atoms with Gasteiger partial charge in [-0.05, 0) is 31.2 Å². The summed E-state index contributed by atoms with van der Waals surface area (Å²) in [7, 11) is 0. The highest BCUT2D eigenvalue weighted by Gasteiger charge is 2.20. The Kier molecular flexibility index (Phi) is 2.63. The topological polar surface area (TPSA) is 77.6 Å². The van der Waals surface area contributed by atoms with E-state index >= 15 is 0 Å². The maximum Gasteiger partial charge on any atom is 0.183 e. The summed E-state index contributed by atoms with van der Waals surface area (Å²) in [6.45, 7) is 0. The van der Waals surface area contributed by atoms with Crippen LogP contribution in [-0.4, -0.2) is 19.9 Å². The van der Waals surface area contributed by atoms with Crippen molar-refractivity contribution in [2.75, 3.05) is 5.73 Å². The molecule has 1 aliphatic carbocycles. The summed E-state index contributed by atoms with van der Waals surface area (Å²) in [5, 5.41) is 1.05. The van der Waals surface area contributed by atoms with Crippen LogP contribution in [0.1, 0.15) is 23.3 Å². The summed E-state index contributed by atoms with van der Waals surface area (Å²) >= 11 is 1.74. The second-order valence-corrected chi connectivity index (χ2v) is 6.00. The largest absolute Gasteiger partial charge is 0.383 e. The predicted octanol–water partition coefficient (Wildman–Crippen LogP) is 2.61. The molecule has 2 N–H and O–H groups in total. The molecule has 3 aromatic heterocycles. The van der Waals surface area contributed by atoms with Crippen LogP contribution in [0, 0.1) is 0 Å². The van der Waals surface area contributed by atoms with Gasteiger partial charge in [0, 0.05) is 17.3 Å². The van der Waals surface area contributed by atoms with Crippen LogP contribution in [0.2, 0.25) is 0 Å². The molecule has 0 aliphatic heterocycles. The van der Waals surface area contributed by atoms with E-state index in [1.165, 1.54) is 23.3 Å². The van der Waals surface area contributed by atoms with Gasteiger partial charge in [-0.15, -0.1) is 11.3 Å². The van der Waals surface area contributed by atoms with Gasteiger partial charge in [-0.25, -0.2) is 15.0 Å². The predicted molar refractivity (Wildman–Crippen MR) is 79.5 cm³/mol. The molecule has 0 bridgehead atoms. The second kappa shape index (κ2) is 4.49. The van der Waals surface area contributed by atoms with Crippen LogP contribution < -0.4 is 5.73 Å². The third-order valence-electron chi connectivity index (χ3n) is 3.63. The van der Waals surface area contributed by atoms with Crippen molar-refractivity contribution in [1.29, 1.82) is 0 Å². The minimum atomic E-state index is 0.557. The smallest absolute Gasteiger partial charge is 0.183 e. The number of nitrogens with zero attached hydrogens (tertiary/aromatic N) is 4. The number of hydrogen-bond acceptors (Lipinski definition) is 6. The van der Waals surface area contributed by atoms with E-state index in [1.54, 1.807) is 29.9 Å². The summed E-state index contributed by atoms with van der Waals surface area (Å²) in [6.07, 6.45) is 9.64. The molecule has 3 heterocycles. The highest BCUT2D eigenvalue weighted by atomic mass is 32.1. The molecule has 100 valence electrons. The first-order valence-electron chi connectivity index (χ1n) is 6.67. The van der Waals surface area contributed by atoms with Crippen LogP contribution in [0.15, 0.2) is 18.6 Å². The lowest BCUT2D eigenvalue weighted by Crippen LogP contribution is -2.02. The fourth-order valence-electron chi connectivity index (χ4n) is 2.71. The Morgan fingerprint density at radius 1 is 1.10 bits per heavy atom. The maximum absolute atomic E-state index is 6.17. The summed E-state index contributed by atoms with van der Waals surface area (Å²) in [6, 6.07) is 0. The zero-order valence-electron chi connectivity index (χ0n) is 10.8. The minimum Gasteiger partial charge on any atom is -0.383 e. The second-order valence-electron chi connectivity index (χ2n) is 4.91. The van der Waals surface area contributed by atoms with Gasteiger partial charge in [0.2, 0.25) is 0 Å². The Morgan fingerprint density at radius 3 is 2.85 bits per heavy atom. The Balaban J connectivity index is 1.95. The molecule has 0 atom stereocenters. The fourth-order valence-corrected chi connectivity index (χ4v) is 3.98. The Labute approximate surface area is 119 Å². The van der Waals surface area contributed by atoms with E-state index in [9.17, 15) is 0 Å². The van der Waals surface area contributed by atoms with Gasteiger partial charge in [-0.2, -0.15) is 0 Å². The van der Waals surface area contributed by atoms with Crippen LogP contribution in [0.5, 0.6) is 0 Å². The molecule has 20 heavy (non-hydrogen) atoms. The number of hydrogen-bond donors (Lipinski definition) is 1.